The number of ether oxygens (including phenoxy) is 2. The molecule has 0 bridgehead atoms. The second-order valence-electron chi connectivity index (χ2n) is 23.3. The molecule has 2 N–H and O–H groups in total. The minimum Gasteiger partial charge on any atom is -0.488 e. The molecule has 0 radical (unpaired) electrons. The lowest BCUT2D eigenvalue weighted by Crippen LogP contribution is -2.10. The van der Waals surface area contributed by atoms with Crippen molar-refractivity contribution in [2.45, 2.75) is 246 Å². The lowest BCUT2D eigenvalue weighted by molar-refractivity contribution is 0.257. The molecule has 5 aromatic carbocycles. The molecule has 0 saturated carbocycles. The Morgan fingerprint density at radius 1 is 0.250 bits per heavy atom. The van der Waals surface area contributed by atoms with Crippen LogP contribution in [0.4, 0.5) is 0 Å². The second kappa shape index (κ2) is 44.4. The van der Waals surface area contributed by atoms with Gasteiger partial charge < -0.3 is 19.7 Å². The van der Waals surface area contributed by atoms with E-state index in [-0.39, 0.29) is 13.2 Å². The predicted molar refractivity (Wildman–Crippen MR) is 357 cm³/mol. The van der Waals surface area contributed by atoms with Crippen molar-refractivity contribution in [3.63, 3.8) is 0 Å². The van der Waals surface area contributed by atoms with Crippen molar-refractivity contribution in [3.8, 4) is 58.9 Å². The highest BCUT2D eigenvalue weighted by molar-refractivity contribution is 5.77. The second-order valence-corrected chi connectivity index (χ2v) is 23.3. The fourth-order valence-corrected chi connectivity index (χ4v) is 10.6. The minimum atomic E-state index is 0.284. The topological polar surface area (TPSA) is 58.9 Å². The Bertz CT molecular complexity index is 2610. The first-order valence-electron chi connectivity index (χ1n) is 33.6. The third-order valence-corrected chi connectivity index (χ3v) is 15.9. The van der Waals surface area contributed by atoms with Gasteiger partial charge in [-0.05, 0) is 148 Å². The molecule has 0 spiro atoms. The summed E-state index contributed by atoms with van der Waals surface area (Å²) in [6.45, 7) is 10.6. The van der Waals surface area contributed by atoms with Gasteiger partial charge in [0.15, 0.2) is 11.5 Å². The molecule has 0 saturated heterocycles. The highest BCUT2D eigenvalue weighted by atomic mass is 16.5. The Morgan fingerprint density at radius 3 is 0.714 bits per heavy atom. The van der Waals surface area contributed by atoms with E-state index in [1.54, 1.807) is 0 Å². The normalized spacial score (nSPS) is 10.7. The summed E-state index contributed by atoms with van der Waals surface area (Å²) in [5.74, 6) is 30.5. The lowest BCUT2D eigenvalue weighted by Gasteiger charge is -2.20. The van der Waals surface area contributed by atoms with E-state index in [9.17, 15) is 10.2 Å². The molecule has 0 unspecified atom stereocenters. The van der Waals surface area contributed by atoms with Crippen molar-refractivity contribution < 1.29 is 19.7 Å². The number of hydrogen-bond acceptors (Lipinski definition) is 4. The van der Waals surface area contributed by atoms with Gasteiger partial charge >= 0.3 is 0 Å². The van der Waals surface area contributed by atoms with Crippen LogP contribution in [0.3, 0.4) is 0 Å². The summed E-state index contributed by atoms with van der Waals surface area (Å²) in [6.07, 6.45) is 38.4. The van der Waals surface area contributed by atoms with E-state index in [0.29, 0.717) is 47.0 Å². The summed E-state index contributed by atoms with van der Waals surface area (Å²) in [5.41, 5.74) is 11.8. The van der Waals surface area contributed by atoms with Crippen molar-refractivity contribution in [1.29, 1.82) is 0 Å². The standard InChI is InChI=1S/C80H106O4/c1-5-9-27-35-67-39-47-71(48-40-67)55-59-75-76(60-56-72-49-41-68(42-50-72)36-28-10-6-2)78(62-58-74-53-45-70(46-54-74)38-30-12-8-4)80(84-66-34-26-22-18-14-16-20-24-32-64-82)79(83-65-33-25-21-17-13-15-19-23-31-63-81)77(75)61-57-73-51-43-69(44-52-73)37-29-11-7-3/h39-54,81-82H,5-38,63-66H2,1-4H3. The number of benzene rings is 5. The summed E-state index contributed by atoms with van der Waals surface area (Å²) in [6, 6.07) is 35.1. The van der Waals surface area contributed by atoms with E-state index in [4.69, 9.17) is 9.47 Å². The molecular formula is C80H106O4. The Hall–Kier alpha value is -6.14. The molecule has 5 aromatic rings. The van der Waals surface area contributed by atoms with Crippen LogP contribution in [0.25, 0.3) is 0 Å². The lowest BCUT2D eigenvalue weighted by atomic mass is 9.92. The highest BCUT2D eigenvalue weighted by Crippen LogP contribution is 2.41. The molecular weight excluding hydrogens is 1020 g/mol. The van der Waals surface area contributed by atoms with Gasteiger partial charge in [0.1, 0.15) is 0 Å². The van der Waals surface area contributed by atoms with Crippen LogP contribution in [-0.4, -0.2) is 36.6 Å². The maximum absolute atomic E-state index is 9.26. The SMILES string of the molecule is CCCCCc1ccc(C#Cc2c(C#Cc3ccc(CCCCC)cc3)c(C#Cc3ccc(CCCCC)cc3)c(OCCCCCCCCCCCO)c(OCCCCCCCCCCCO)c2C#Cc2ccc(CCCCC)cc2)cc1. The van der Waals surface area contributed by atoms with Gasteiger partial charge in [-0.25, -0.2) is 0 Å². The van der Waals surface area contributed by atoms with Crippen molar-refractivity contribution in [2.24, 2.45) is 0 Å². The van der Waals surface area contributed by atoms with Gasteiger partial charge in [0, 0.05) is 35.5 Å². The summed E-state index contributed by atoms with van der Waals surface area (Å²) < 4.78 is 14.4. The van der Waals surface area contributed by atoms with Crippen LogP contribution in [0.1, 0.15) is 287 Å². The molecule has 450 valence electrons. The fraction of sp³-hybridized carbons (Fsp3) is 0.525. The first-order chi connectivity index (χ1) is 41.5. The Morgan fingerprint density at radius 2 is 0.476 bits per heavy atom. The predicted octanol–water partition coefficient (Wildman–Crippen LogP) is 20.0. The molecule has 0 fully saturated rings. The van der Waals surface area contributed by atoms with Gasteiger partial charge in [-0.2, -0.15) is 0 Å². The van der Waals surface area contributed by atoms with Crippen LogP contribution in [0, 0.1) is 47.4 Å². The Kier molecular flexibility index (Phi) is 36.2. The van der Waals surface area contributed by atoms with Crippen LogP contribution in [0.15, 0.2) is 97.1 Å². The zero-order chi connectivity index (χ0) is 59.3. The van der Waals surface area contributed by atoms with Gasteiger partial charge in [-0.1, -0.05) is 265 Å². The molecule has 4 heteroatoms. The molecule has 0 aliphatic rings. The van der Waals surface area contributed by atoms with Gasteiger partial charge in [0.25, 0.3) is 0 Å². The number of rotatable bonds is 40. The third kappa shape index (κ3) is 27.7. The summed E-state index contributed by atoms with van der Waals surface area (Å²) >= 11 is 0. The maximum Gasteiger partial charge on any atom is 0.179 e. The van der Waals surface area contributed by atoms with Crippen LogP contribution in [-0.2, 0) is 25.7 Å². The van der Waals surface area contributed by atoms with E-state index in [0.717, 1.165) is 112 Å². The molecule has 0 amide bonds. The number of aliphatic hydroxyl groups excluding tert-OH is 2. The summed E-state index contributed by atoms with van der Waals surface area (Å²) in [4.78, 5) is 0. The monoisotopic (exact) mass is 1130 g/mol. The highest BCUT2D eigenvalue weighted by Gasteiger charge is 2.25. The zero-order valence-corrected chi connectivity index (χ0v) is 52.8. The largest absolute Gasteiger partial charge is 0.488 e. The maximum atomic E-state index is 9.26. The van der Waals surface area contributed by atoms with Crippen molar-refractivity contribution in [3.05, 3.63) is 164 Å². The van der Waals surface area contributed by atoms with Crippen molar-refractivity contribution in [2.75, 3.05) is 26.4 Å². The van der Waals surface area contributed by atoms with Crippen LogP contribution >= 0.6 is 0 Å². The smallest absolute Gasteiger partial charge is 0.179 e. The molecule has 0 aliphatic heterocycles. The zero-order valence-electron chi connectivity index (χ0n) is 52.8. The first-order valence-corrected chi connectivity index (χ1v) is 33.6. The molecule has 84 heavy (non-hydrogen) atoms. The quantitative estimate of drug-likeness (QED) is 0.0303. The number of hydrogen-bond donors (Lipinski definition) is 2. The number of aliphatic hydroxyl groups is 2. The Balaban J connectivity index is 1.74. The third-order valence-electron chi connectivity index (χ3n) is 15.9. The number of aryl methyl sites for hydroxylation is 4. The van der Waals surface area contributed by atoms with Gasteiger partial charge in [0.2, 0.25) is 0 Å². The van der Waals surface area contributed by atoms with E-state index in [1.165, 1.54) is 151 Å². The first kappa shape index (κ1) is 68.6. The fourth-order valence-electron chi connectivity index (χ4n) is 10.6. The van der Waals surface area contributed by atoms with Crippen LogP contribution in [0.5, 0.6) is 11.5 Å². The van der Waals surface area contributed by atoms with Crippen LogP contribution < -0.4 is 9.47 Å². The number of unbranched alkanes of at least 4 members (excludes halogenated alkanes) is 24. The summed E-state index contributed by atoms with van der Waals surface area (Å²) in [5, 5.41) is 18.5. The van der Waals surface area contributed by atoms with E-state index in [2.05, 4.69) is 172 Å². The van der Waals surface area contributed by atoms with Gasteiger partial charge in [-0.3, -0.25) is 0 Å². The average molecular weight is 1130 g/mol. The average Bonchev–Trinajstić information content (AvgIpc) is 2.54. The molecule has 5 rings (SSSR count). The van der Waals surface area contributed by atoms with Crippen LogP contribution in [0.2, 0.25) is 0 Å². The molecule has 4 nitrogen and oxygen atoms in total. The van der Waals surface area contributed by atoms with Gasteiger partial charge in [-0.15, -0.1) is 0 Å². The van der Waals surface area contributed by atoms with Crippen molar-refractivity contribution in [1.82, 2.24) is 0 Å². The van der Waals surface area contributed by atoms with Crippen molar-refractivity contribution >= 4 is 0 Å². The molecule has 0 aromatic heterocycles. The van der Waals surface area contributed by atoms with E-state index in [1.807, 2.05) is 0 Å². The van der Waals surface area contributed by atoms with E-state index >= 15 is 0 Å². The Labute approximate surface area is 512 Å². The minimum absolute atomic E-state index is 0.284. The summed E-state index contributed by atoms with van der Waals surface area (Å²) in [7, 11) is 0. The van der Waals surface area contributed by atoms with Gasteiger partial charge in [0.05, 0.1) is 35.5 Å². The molecule has 0 aliphatic carbocycles. The molecule has 0 heterocycles. The van der Waals surface area contributed by atoms with E-state index < -0.39 is 0 Å². The molecule has 0 atom stereocenters.